The van der Waals surface area contributed by atoms with Gasteiger partial charge in [-0.2, -0.15) is 0 Å². The van der Waals surface area contributed by atoms with Crippen molar-refractivity contribution in [2.75, 3.05) is 6.54 Å². The maximum Gasteiger partial charge on any atom is 0.261 e. The zero-order chi connectivity index (χ0) is 11.3. The number of benzene rings is 1. The summed E-state index contributed by atoms with van der Waals surface area (Å²) in [6.45, 7) is -0.506. The van der Waals surface area contributed by atoms with Crippen molar-refractivity contribution in [2.45, 2.75) is 0 Å². The molecule has 0 saturated carbocycles. The van der Waals surface area contributed by atoms with Crippen molar-refractivity contribution in [2.24, 2.45) is 10.8 Å². The summed E-state index contributed by atoms with van der Waals surface area (Å²) in [7, 11) is 0. The van der Waals surface area contributed by atoms with Gasteiger partial charge in [-0.3, -0.25) is 10.1 Å². The highest BCUT2D eigenvalue weighted by atomic mass is 19.1. The lowest BCUT2D eigenvalue weighted by Crippen LogP contribution is -2.35. The predicted octanol–water partition coefficient (Wildman–Crippen LogP) is 0.596. The number of nitrogens with zero attached hydrogens (tertiary/aromatic N) is 2. The van der Waals surface area contributed by atoms with Gasteiger partial charge in [0.25, 0.3) is 6.54 Å². The van der Waals surface area contributed by atoms with Gasteiger partial charge in [-0.25, -0.2) is 15.2 Å². The van der Waals surface area contributed by atoms with E-state index in [2.05, 4.69) is 10.4 Å². The van der Waals surface area contributed by atoms with Gasteiger partial charge in [-0.15, -0.1) is 0 Å². The van der Waals surface area contributed by atoms with E-state index in [1.807, 2.05) is 0 Å². The molecule has 0 aliphatic rings. The highest BCUT2D eigenvalue weighted by Crippen LogP contribution is 2.11. The summed E-state index contributed by atoms with van der Waals surface area (Å²) in [4.78, 5) is 13.4. The van der Waals surface area contributed by atoms with Crippen LogP contribution in [0.3, 0.4) is 0 Å². The summed E-state index contributed by atoms with van der Waals surface area (Å²) in [5.41, 5.74) is 2.51. The van der Waals surface area contributed by atoms with Crippen LogP contribution in [-0.4, -0.2) is 17.3 Å². The van der Waals surface area contributed by atoms with Gasteiger partial charge in [0.15, 0.2) is 5.84 Å². The highest BCUT2D eigenvalue weighted by molar-refractivity contribution is 5.85. The molecule has 0 atom stereocenters. The molecule has 6 nitrogen and oxygen atoms in total. The number of rotatable bonds is 3. The zero-order valence-electron chi connectivity index (χ0n) is 7.68. The van der Waals surface area contributed by atoms with E-state index in [0.717, 1.165) is 0 Å². The molecule has 0 amide bonds. The third-order valence-electron chi connectivity index (χ3n) is 1.54. The Hall–Kier alpha value is -2.02. The van der Waals surface area contributed by atoms with Crippen molar-refractivity contribution < 1.29 is 9.31 Å². The van der Waals surface area contributed by atoms with Crippen LogP contribution in [-0.2, 0) is 0 Å². The number of aliphatic imine (C=N–C) groups is 1. The molecule has 0 aromatic heterocycles. The molecule has 3 N–H and O–H groups in total. The largest absolute Gasteiger partial charge is 0.306 e. The normalized spacial score (nSPS) is 11.2. The second-order valence-corrected chi connectivity index (χ2v) is 2.67. The van der Waals surface area contributed by atoms with Crippen LogP contribution in [0.4, 0.5) is 10.1 Å². The Kier molecular flexibility index (Phi) is 3.69. The number of hydrogen-bond acceptors (Lipinski definition) is 4. The lowest BCUT2D eigenvalue weighted by atomic mass is 10.3. The SMILES string of the molecule is NNC(C[N+](=O)[O-])=Nc1ccc(F)cc1. The zero-order valence-corrected chi connectivity index (χ0v) is 7.68. The highest BCUT2D eigenvalue weighted by Gasteiger charge is 2.05. The summed E-state index contributed by atoms with van der Waals surface area (Å²) in [5.74, 6) is 4.65. The summed E-state index contributed by atoms with van der Waals surface area (Å²) in [6, 6.07) is 5.21. The van der Waals surface area contributed by atoms with Crippen LogP contribution in [0.25, 0.3) is 0 Å². The fraction of sp³-hybridized carbons (Fsp3) is 0.125. The van der Waals surface area contributed by atoms with Gasteiger partial charge in [0.1, 0.15) is 5.82 Å². The summed E-state index contributed by atoms with van der Waals surface area (Å²) >= 11 is 0. The Morgan fingerprint density at radius 1 is 1.53 bits per heavy atom. The third-order valence-corrected chi connectivity index (χ3v) is 1.54. The van der Waals surface area contributed by atoms with Gasteiger partial charge in [-0.1, -0.05) is 0 Å². The van der Waals surface area contributed by atoms with E-state index >= 15 is 0 Å². The number of amidine groups is 1. The monoisotopic (exact) mass is 212 g/mol. The first-order valence-electron chi connectivity index (χ1n) is 4.03. The van der Waals surface area contributed by atoms with Crippen molar-refractivity contribution in [3.63, 3.8) is 0 Å². The minimum absolute atomic E-state index is 0.00612. The molecule has 0 heterocycles. The number of hydrogen-bond donors (Lipinski definition) is 2. The van der Waals surface area contributed by atoms with Crippen LogP contribution in [0.5, 0.6) is 0 Å². The first-order valence-corrected chi connectivity index (χ1v) is 4.03. The van der Waals surface area contributed by atoms with Gasteiger partial charge in [-0.05, 0) is 24.3 Å². The molecule has 0 unspecified atom stereocenters. The lowest BCUT2D eigenvalue weighted by molar-refractivity contribution is -0.463. The molecule has 0 saturated heterocycles. The molecule has 0 fully saturated rings. The maximum atomic E-state index is 12.5. The molecule has 1 aromatic carbocycles. The van der Waals surface area contributed by atoms with E-state index in [1.54, 1.807) is 0 Å². The molecule has 1 aromatic rings. The molecule has 0 spiro atoms. The average molecular weight is 212 g/mol. The van der Waals surface area contributed by atoms with Crippen molar-refractivity contribution in [3.8, 4) is 0 Å². The van der Waals surface area contributed by atoms with Crippen LogP contribution in [0, 0.1) is 15.9 Å². The smallest absolute Gasteiger partial charge is 0.261 e. The lowest BCUT2D eigenvalue weighted by Gasteiger charge is -2.00. The Morgan fingerprint density at radius 3 is 2.60 bits per heavy atom. The molecule has 15 heavy (non-hydrogen) atoms. The van der Waals surface area contributed by atoms with Crippen LogP contribution in [0.2, 0.25) is 0 Å². The van der Waals surface area contributed by atoms with E-state index in [-0.39, 0.29) is 5.84 Å². The van der Waals surface area contributed by atoms with Gasteiger partial charge >= 0.3 is 0 Å². The Labute approximate surface area is 84.7 Å². The average Bonchev–Trinajstić information content (AvgIpc) is 2.19. The van der Waals surface area contributed by atoms with Crippen LogP contribution >= 0.6 is 0 Å². The first kappa shape index (κ1) is 11.1. The van der Waals surface area contributed by atoms with Gasteiger partial charge < -0.3 is 5.43 Å². The van der Waals surface area contributed by atoms with Crippen LogP contribution < -0.4 is 11.3 Å². The van der Waals surface area contributed by atoms with Crippen LogP contribution in [0.15, 0.2) is 29.3 Å². The molecule has 0 bridgehead atoms. The Balaban J connectivity index is 2.83. The fourth-order valence-corrected chi connectivity index (χ4v) is 0.907. The molecular formula is C8H9FN4O2. The van der Waals surface area contributed by atoms with Gasteiger partial charge in [0, 0.05) is 4.92 Å². The molecule has 1 rings (SSSR count). The summed E-state index contributed by atoms with van der Waals surface area (Å²) < 4.78 is 12.5. The Bertz CT molecular complexity index is 377. The van der Waals surface area contributed by atoms with E-state index in [1.165, 1.54) is 24.3 Å². The molecule has 0 radical (unpaired) electrons. The second-order valence-electron chi connectivity index (χ2n) is 2.67. The van der Waals surface area contributed by atoms with Crippen molar-refractivity contribution in [1.29, 1.82) is 0 Å². The topological polar surface area (TPSA) is 93.5 Å². The first-order chi connectivity index (χ1) is 7.11. The molecule has 0 aliphatic carbocycles. The maximum absolute atomic E-state index is 12.5. The van der Waals surface area contributed by atoms with Crippen LogP contribution in [0.1, 0.15) is 0 Å². The summed E-state index contributed by atoms with van der Waals surface area (Å²) in [5, 5.41) is 10.2. The number of nitrogens with one attached hydrogen (secondary N) is 1. The minimum Gasteiger partial charge on any atom is -0.306 e. The van der Waals surface area contributed by atoms with Gasteiger partial charge in [0.05, 0.1) is 5.69 Å². The van der Waals surface area contributed by atoms with E-state index in [4.69, 9.17) is 5.84 Å². The van der Waals surface area contributed by atoms with Crippen molar-refractivity contribution in [1.82, 2.24) is 5.43 Å². The van der Waals surface area contributed by atoms with Gasteiger partial charge in [0.2, 0.25) is 0 Å². The third kappa shape index (κ3) is 3.69. The van der Waals surface area contributed by atoms with E-state index in [0.29, 0.717) is 5.69 Å². The number of nitro groups is 1. The summed E-state index contributed by atoms with van der Waals surface area (Å²) in [6.07, 6.45) is 0. The van der Waals surface area contributed by atoms with E-state index in [9.17, 15) is 14.5 Å². The number of halogens is 1. The molecule has 0 aliphatic heterocycles. The molecular weight excluding hydrogens is 203 g/mol. The number of hydrazine groups is 1. The number of nitrogens with two attached hydrogens (primary N) is 1. The quantitative estimate of drug-likeness (QED) is 0.252. The fourth-order valence-electron chi connectivity index (χ4n) is 0.907. The second kappa shape index (κ2) is 5.01. The standard InChI is InChI=1S/C8H9FN4O2/c9-6-1-3-7(4-2-6)11-8(12-10)5-13(14)15/h1-4H,5,10H2,(H,11,12). The van der Waals surface area contributed by atoms with Crippen molar-refractivity contribution >= 4 is 11.5 Å². The minimum atomic E-state index is -0.567. The molecule has 80 valence electrons. The predicted molar refractivity (Wildman–Crippen MR) is 52.7 cm³/mol. The molecule has 7 heteroatoms. The van der Waals surface area contributed by atoms with E-state index < -0.39 is 17.3 Å². The Morgan fingerprint density at radius 2 is 2.13 bits per heavy atom. The van der Waals surface area contributed by atoms with Crippen molar-refractivity contribution in [3.05, 3.63) is 40.2 Å².